The molecule has 0 aromatic heterocycles. The highest BCUT2D eigenvalue weighted by atomic mass is 28.3. The lowest BCUT2D eigenvalue weighted by Crippen LogP contribution is -2.39. The monoisotopic (exact) mass is 237 g/mol. The van der Waals surface area contributed by atoms with Gasteiger partial charge < -0.3 is 8.85 Å². The average Bonchev–Trinajstić information content (AvgIpc) is 2.29. The van der Waals surface area contributed by atoms with Gasteiger partial charge in [0.15, 0.2) is 0 Å². The second-order valence-electron chi connectivity index (χ2n) is 3.90. The van der Waals surface area contributed by atoms with Gasteiger partial charge in [0.2, 0.25) is 0 Å². The van der Waals surface area contributed by atoms with E-state index in [4.69, 9.17) is 8.85 Å². The number of rotatable bonds is 6. The van der Waals surface area contributed by atoms with Crippen molar-refractivity contribution in [3.05, 3.63) is 29.8 Å². The van der Waals surface area contributed by atoms with E-state index in [0.717, 1.165) is 0 Å². The van der Waals surface area contributed by atoms with Crippen LogP contribution in [0.15, 0.2) is 24.3 Å². The second-order valence-corrected chi connectivity index (χ2v) is 5.59. The summed E-state index contributed by atoms with van der Waals surface area (Å²) in [5.74, 6) is 0.511. The Balaban J connectivity index is 2.97. The highest BCUT2D eigenvalue weighted by molar-refractivity contribution is 6.61. The van der Waals surface area contributed by atoms with Crippen molar-refractivity contribution in [3.8, 4) is 0 Å². The molecule has 0 aliphatic heterocycles. The van der Waals surface area contributed by atoms with Crippen molar-refractivity contribution in [2.45, 2.75) is 33.6 Å². The van der Waals surface area contributed by atoms with Crippen molar-refractivity contribution in [2.75, 3.05) is 13.2 Å². The molecule has 1 aromatic carbocycles. The van der Waals surface area contributed by atoms with E-state index in [2.05, 4.69) is 38.1 Å². The lowest BCUT2D eigenvalue weighted by atomic mass is 10.0. The van der Waals surface area contributed by atoms with Crippen LogP contribution < -0.4 is 5.19 Å². The second kappa shape index (κ2) is 6.84. The normalized spacial score (nSPS) is 11.4. The summed E-state index contributed by atoms with van der Waals surface area (Å²) in [6.45, 7) is 9.86. The Morgan fingerprint density at radius 1 is 1.06 bits per heavy atom. The predicted molar refractivity (Wildman–Crippen MR) is 69.2 cm³/mol. The first-order valence-electron chi connectivity index (χ1n) is 5.92. The molecule has 1 radical (unpaired) electrons. The van der Waals surface area contributed by atoms with Crippen LogP contribution >= 0.6 is 0 Å². The zero-order chi connectivity index (χ0) is 12.0. The zero-order valence-corrected chi connectivity index (χ0v) is 11.6. The summed E-state index contributed by atoms with van der Waals surface area (Å²) in [6, 6.07) is 8.44. The molecule has 0 bridgehead atoms. The summed E-state index contributed by atoms with van der Waals surface area (Å²) in [4.78, 5) is 0. The van der Waals surface area contributed by atoms with Crippen LogP contribution in [-0.4, -0.2) is 22.5 Å². The molecule has 0 fully saturated rings. The zero-order valence-electron chi connectivity index (χ0n) is 10.6. The van der Waals surface area contributed by atoms with Crippen molar-refractivity contribution < 1.29 is 8.85 Å². The van der Waals surface area contributed by atoms with E-state index >= 15 is 0 Å². The van der Waals surface area contributed by atoms with E-state index in [0.29, 0.717) is 19.1 Å². The maximum absolute atomic E-state index is 5.74. The van der Waals surface area contributed by atoms with E-state index in [1.54, 1.807) is 0 Å². The van der Waals surface area contributed by atoms with Crippen LogP contribution in [0.1, 0.15) is 39.2 Å². The van der Waals surface area contributed by atoms with Crippen LogP contribution in [0.25, 0.3) is 0 Å². The molecule has 0 N–H and O–H groups in total. The van der Waals surface area contributed by atoms with E-state index in [9.17, 15) is 0 Å². The molecule has 0 aliphatic rings. The van der Waals surface area contributed by atoms with Crippen molar-refractivity contribution in [3.63, 3.8) is 0 Å². The molecular formula is C13H21O2Si. The van der Waals surface area contributed by atoms with Gasteiger partial charge in [-0.05, 0) is 30.5 Å². The fourth-order valence-electron chi connectivity index (χ4n) is 1.65. The van der Waals surface area contributed by atoms with Gasteiger partial charge in [0.05, 0.1) is 0 Å². The molecule has 0 spiro atoms. The first-order valence-corrected chi connectivity index (χ1v) is 7.24. The van der Waals surface area contributed by atoms with Crippen molar-refractivity contribution in [2.24, 2.45) is 0 Å². The van der Waals surface area contributed by atoms with Crippen molar-refractivity contribution >= 4 is 14.5 Å². The third-order valence-electron chi connectivity index (χ3n) is 2.35. The Kier molecular flexibility index (Phi) is 5.73. The van der Waals surface area contributed by atoms with Gasteiger partial charge in [-0.3, -0.25) is 0 Å². The standard InChI is InChI=1S/C13H21O2Si/c1-5-14-16(15-6-2)13-10-8-7-9-12(13)11(3)4/h7-11H,5-6H2,1-4H3. The van der Waals surface area contributed by atoms with Gasteiger partial charge in [-0.2, -0.15) is 0 Å². The fraction of sp³-hybridized carbons (Fsp3) is 0.538. The molecule has 0 saturated heterocycles. The molecule has 0 amide bonds. The molecule has 0 atom stereocenters. The first-order chi connectivity index (χ1) is 7.70. The SMILES string of the molecule is CCO[Si](OCC)c1ccccc1C(C)C. The third kappa shape index (κ3) is 3.44. The Bertz CT molecular complexity index is 307. The van der Waals surface area contributed by atoms with E-state index in [1.807, 2.05) is 13.8 Å². The molecule has 0 saturated carbocycles. The van der Waals surface area contributed by atoms with Crippen molar-refractivity contribution in [1.82, 2.24) is 0 Å². The number of hydrogen-bond acceptors (Lipinski definition) is 2. The third-order valence-corrected chi connectivity index (χ3v) is 4.35. The van der Waals surface area contributed by atoms with Crippen LogP contribution in [0, 0.1) is 0 Å². The van der Waals surface area contributed by atoms with Crippen LogP contribution in [0.5, 0.6) is 0 Å². The lowest BCUT2D eigenvalue weighted by Gasteiger charge is -2.18. The Hall–Kier alpha value is -0.643. The van der Waals surface area contributed by atoms with Gasteiger partial charge >= 0.3 is 9.28 Å². The maximum atomic E-state index is 5.74. The Labute approximate surface area is 100 Å². The summed E-state index contributed by atoms with van der Waals surface area (Å²) < 4.78 is 11.5. The molecule has 1 rings (SSSR count). The smallest absolute Gasteiger partial charge is 0.390 e. The summed E-state index contributed by atoms with van der Waals surface area (Å²) >= 11 is 0. The molecule has 0 heterocycles. The number of hydrogen-bond donors (Lipinski definition) is 0. The van der Waals surface area contributed by atoms with Gasteiger partial charge in [0.25, 0.3) is 0 Å². The molecular weight excluding hydrogens is 216 g/mol. The van der Waals surface area contributed by atoms with Gasteiger partial charge in [-0.25, -0.2) is 0 Å². The topological polar surface area (TPSA) is 18.5 Å². The van der Waals surface area contributed by atoms with Crippen LogP contribution in [0.2, 0.25) is 0 Å². The highest BCUT2D eigenvalue weighted by Gasteiger charge is 2.22. The van der Waals surface area contributed by atoms with Gasteiger partial charge in [0.1, 0.15) is 0 Å². The van der Waals surface area contributed by atoms with Gasteiger partial charge in [0, 0.05) is 13.2 Å². The minimum atomic E-state index is -1.30. The molecule has 89 valence electrons. The van der Waals surface area contributed by atoms with Crippen LogP contribution in [0.4, 0.5) is 0 Å². The summed E-state index contributed by atoms with van der Waals surface area (Å²) in [6.07, 6.45) is 0. The first kappa shape index (κ1) is 13.4. The van der Waals surface area contributed by atoms with Gasteiger partial charge in [-0.15, -0.1) is 0 Å². The fourth-order valence-corrected chi connectivity index (χ4v) is 3.40. The minimum absolute atomic E-state index is 0.511. The summed E-state index contributed by atoms with van der Waals surface area (Å²) in [5, 5.41) is 1.26. The lowest BCUT2D eigenvalue weighted by molar-refractivity contribution is 0.225. The van der Waals surface area contributed by atoms with Gasteiger partial charge in [-0.1, -0.05) is 38.1 Å². The highest BCUT2D eigenvalue weighted by Crippen LogP contribution is 2.12. The molecule has 3 heteroatoms. The molecule has 0 unspecified atom stereocenters. The quantitative estimate of drug-likeness (QED) is 0.708. The largest absolute Gasteiger partial charge is 0.423 e. The predicted octanol–water partition coefficient (Wildman–Crippen LogP) is 2.58. The Morgan fingerprint density at radius 3 is 2.12 bits per heavy atom. The molecule has 2 nitrogen and oxygen atoms in total. The Morgan fingerprint density at radius 2 is 1.62 bits per heavy atom. The molecule has 0 aliphatic carbocycles. The average molecular weight is 237 g/mol. The molecule has 1 aromatic rings. The van der Waals surface area contributed by atoms with E-state index in [-0.39, 0.29) is 0 Å². The van der Waals surface area contributed by atoms with E-state index in [1.165, 1.54) is 10.8 Å². The van der Waals surface area contributed by atoms with Crippen LogP contribution in [-0.2, 0) is 8.85 Å². The van der Waals surface area contributed by atoms with E-state index < -0.39 is 9.28 Å². The minimum Gasteiger partial charge on any atom is -0.390 e. The molecule has 16 heavy (non-hydrogen) atoms. The maximum Gasteiger partial charge on any atom is 0.423 e. The van der Waals surface area contributed by atoms with Crippen molar-refractivity contribution in [1.29, 1.82) is 0 Å². The number of benzene rings is 1. The summed E-state index contributed by atoms with van der Waals surface area (Å²) in [7, 11) is -1.30. The summed E-state index contributed by atoms with van der Waals surface area (Å²) in [5.41, 5.74) is 1.35. The van der Waals surface area contributed by atoms with Crippen LogP contribution in [0.3, 0.4) is 0 Å².